The zero-order chi connectivity index (χ0) is 9.52. The van der Waals surface area contributed by atoms with Crippen LogP contribution >= 0.6 is 11.8 Å². The summed E-state index contributed by atoms with van der Waals surface area (Å²) in [7, 11) is 0. The Morgan fingerprint density at radius 2 is 2.62 bits per heavy atom. The SMILES string of the molecule is C=CCn1ccnc1SCCC#N. The lowest BCUT2D eigenvalue weighted by Gasteiger charge is -2.01. The van der Waals surface area contributed by atoms with Gasteiger partial charge in [0.05, 0.1) is 6.07 Å². The van der Waals surface area contributed by atoms with Crippen LogP contribution in [0.2, 0.25) is 0 Å². The molecule has 0 aromatic carbocycles. The maximum Gasteiger partial charge on any atom is 0.168 e. The van der Waals surface area contributed by atoms with Gasteiger partial charge in [0.1, 0.15) is 0 Å². The van der Waals surface area contributed by atoms with Gasteiger partial charge in [-0.25, -0.2) is 4.98 Å². The van der Waals surface area contributed by atoms with Crippen LogP contribution in [-0.4, -0.2) is 15.3 Å². The number of nitriles is 1. The van der Waals surface area contributed by atoms with E-state index in [0.29, 0.717) is 6.42 Å². The Morgan fingerprint density at radius 1 is 1.77 bits per heavy atom. The van der Waals surface area contributed by atoms with E-state index in [1.807, 2.05) is 16.8 Å². The molecule has 0 spiro atoms. The first-order valence-corrected chi connectivity index (χ1v) is 4.99. The molecule has 0 unspecified atom stereocenters. The highest BCUT2D eigenvalue weighted by molar-refractivity contribution is 7.99. The monoisotopic (exact) mass is 193 g/mol. The van der Waals surface area contributed by atoms with Crippen LogP contribution in [0.5, 0.6) is 0 Å². The second-order valence-electron chi connectivity index (χ2n) is 2.41. The Labute approximate surface area is 82.1 Å². The largest absolute Gasteiger partial charge is 0.322 e. The van der Waals surface area contributed by atoms with Gasteiger partial charge >= 0.3 is 0 Å². The fourth-order valence-corrected chi connectivity index (χ4v) is 1.71. The molecule has 4 heteroatoms. The van der Waals surface area contributed by atoms with E-state index >= 15 is 0 Å². The van der Waals surface area contributed by atoms with E-state index in [0.717, 1.165) is 17.5 Å². The molecule has 0 saturated carbocycles. The summed E-state index contributed by atoms with van der Waals surface area (Å²) in [5.41, 5.74) is 0. The molecule has 0 radical (unpaired) electrons. The average Bonchev–Trinajstić information content (AvgIpc) is 2.54. The molecule has 1 rings (SSSR count). The fraction of sp³-hybridized carbons (Fsp3) is 0.333. The van der Waals surface area contributed by atoms with Gasteiger partial charge in [0.2, 0.25) is 0 Å². The maximum atomic E-state index is 8.36. The molecular weight excluding hydrogens is 182 g/mol. The number of rotatable bonds is 5. The van der Waals surface area contributed by atoms with Crippen molar-refractivity contribution in [1.29, 1.82) is 5.26 Å². The Hall–Kier alpha value is -1.21. The topological polar surface area (TPSA) is 41.6 Å². The summed E-state index contributed by atoms with van der Waals surface area (Å²) in [4.78, 5) is 4.18. The Morgan fingerprint density at radius 3 is 3.31 bits per heavy atom. The van der Waals surface area contributed by atoms with Crippen LogP contribution in [0, 0.1) is 11.3 Å². The van der Waals surface area contributed by atoms with E-state index in [1.165, 1.54) is 0 Å². The summed E-state index contributed by atoms with van der Waals surface area (Å²) >= 11 is 1.60. The molecule has 0 saturated heterocycles. The molecule has 68 valence electrons. The average molecular weight is 193 g/mol. The summed E-state index contributed by atoms with van der Waals surface area (Å²) in [6.45, 7) is 4.44. The molecule has 0 atom stereocenters. The summed E-state index contributed by atoms with van der Waals surface area (Å²) in [5.74, 6) is 0.796. The van der Waals surface area contributed by atoms with Crippen molar-refractivity contribution < 1.29 is 0 Å². The van der Waals surface area contributed by atoms with Gasteiger partial charge < -0.3 is 4.57 Å². The molecule has 0 aliphatic carbocycles. The summed E-state index contributed by atoms with van der Waals surface area (Å²) in [6, 6.07) is 2.10. The number of thioether (sulfide) groups is 1. The van der Waals surface area contributed by atoms with Crippen LogP contribution in [0.1, 0.15) is 6.42 Å². The Balaban J connectivity index is 2.50. The van der Waals surface area contributed by atoms with Gasteiger partial charge in [-0.2, -0.15) is 5.26 Å². The van der Waals surface area contributed by atoms with Gasteiger partial charge in [0.15, 0.2) is 5.16 Å². The van der Waals surface area contributed by atoms with Crippen LogP contribution in [0.15, 0.2) is 30.2 Å². The van der Waals surface area contributed by atoms with Crippen molar-refractivity contribution in [2.45, 2.75) is 18.1 Å². The molecule has 1 heterocycles. The first kappa shape index (κ1) is 9.87. The first-order valence-electron chi connectivity index (χ1n) is 4.00. The highest BCUT2D eigenvalue weighted by Gasteiger charge is 2.00. The van der Waals surface area contributed by atoms with E-state index in [4.69, 9.17) is 5.26 Å². The molecule has 3 nitrogen and oxygen atoms in total. The lowest BCUT2D eigenvalue weighted by Crippen LogP contribution is -1.95. The number of hydrogen-bond acceptors (Lipinski definition) is 3. The van der Waals surface area contributed by atoms with Crippen LogP contribution in [0.3, 0.4) is 0 Å². The minimum Gasteiger partial charge on any atom is -0.322 e. The lowest BCUT2D eigenvalue weighted by atomic mass is 10.6. The number of allylic oxidation sites excluding steroid dienone is 1. The Kier molecular flexibility index (Phi) is 4.13. The van der Waals surface area contributed by atoms with E-state index in [2.05, 4.69) is 17.6 Å². The van der Waals surface area contributed by atoms with Gasteiger partial charge in [-0.1, -0.05) is 17.8 Å². The summed E-state index contributed by atoms with van der Waals surface area (Å²) < 4.78 is 2.01. The third kappa shape index (κ3) is 2.96. The number of hydrogen-bond donors (Lipinski definition) is 0. The number of aromatic nitrogens is 2. The minimum absolute atomic E-state index is 0.561. The normalized spacial score (nSPS) is 9.46. The van der Waals surface area contributed by atoms with Gasteiger partial charge in [-0.3, -0.25) is 0 Å². The summed E-state index contributed by atoms with van der Waals surface area (Å²) in [5, 5.41) is 9.31. The minimum atomic E-state index is 0.561. The van der Waals surface area contributed by atoms with Crippen molar-refractivity contribution in [2.75, 3.05) is 5.75 Å². The van der Waals surface area contributed by atoms with E-state index < -0.39 is 0 Å². The van der Waals surface area contributed by atoms with Gasteiger partial charge in [0, 0.05) is 31.1 Å². The molecule has 0 fully saturated rings. The van der Waals surface area contributed by atoms with E-state index in [-0.39, 0.29) is 0 Å². The Bertz CT molecular complexity index is 311. The smallest absolute Gasteiger partial charge is 0.168 e. The van der Waals surface area contributed by atoms with Crippen molar-refractivity contribution >= 4 is 11.8 Å². The molecule has 13 heavy (non-hydrogen) atoms. The van der Waals surface area contributed by atoms with Crippen molar-refractivity contribution in [3.05, 3.63) is 25.0 Å². The second-order valence-corrected chi connectivity index (χ2v) is 3.47. The number of imidazole rings is 1. The highest BCUT2D eigenvalue weighted by atomic mass is 32.2. The molecule has 0 N–H and O–H groups in total. The molecule has 0 bridgehead atoms. The molecule has 1 aromatic rings. The standard InChI is InChI=1S/C9H11N3S/c1-2-6-12-7-5-11-9(12)13-8-3-4-10/h2,5,7H,1,3,6,8H2. The van der Waals surface area contributed by atoms with Crippen molar-refractivity contribution in [3.63, 3.8) is 0 Å². The molecule has 0 aliphatic heterocycles. The maximum absolute atomic E-state index is 8.36. The van der Waals surface area contributed by atoms with Gasteiger partial charge in [-0.15, -0.1) is 6.58 Å². The van der Waals surface area contributed by atoms with Crippen LogP contribution in [-0.2, 0) is 6.54 Å². The van der Waals surface area contributed by atoms with E-state index in [9.17, 15) is 0 Å². The molecule has 0 amide bonds. The predicted molar refractivity (Wildman–Crippen MR) is 53.4 cm³/mol. The zero-order valence-corrected chi connectivity index (χ0v) is 8.13. The zero-order valence-electron chi connectivity index (χ0n) is 7.31. The highest BCUT2D eigenvalue weighted by Crippen LogP contribution is 2.16. The third-order valence-electron chi connectivity index (χ3n) is 1.45. The number of nitrogens with zero attached hydrogens (tertiary/aromatic N) is 3. The van der Waals surface area contributed by atoms with Crippen molar-refractivity contribution in [1.82, 2.24) is 9.55 Å². The first-order chi connectivity index (χ1) is 6.38. The third-order valence-corrected chi connectivity index (χ3v) is 2.45. The lowest BCUT2D eigenvalue weighted by molar-refractivity contribution is 0.725. The molecule has 1 aromatic heterocycles. The quantitative estimate of drug-likeness (QED) is 0.408. The van der Waals surface area contributed by atoms with Crippen LogP contribution in [0.4, 0.5) is 0 Å². The van der Waals surface area contributed by atoms with Crippen LogP contribution < -0.4 is 0 Å². The summed E-state index contributed by atoms with van der Waals surface area (Å²) in [6.07, 6.45) is 6.07. The molecule has 0 aliphatic rings. The van der Waals surface area contributed by atoms with E-state index in [1.54, 1.807) is 18.0 Å². The molecular formula is C9H11N3S. The van der Waals surface area contributed by atoms with Gasteiger partial charge in [-0.05, 0) is 0 Å². The van der Waals surface area contributed by atoms with Crippen molar-refractivity contribution in [3.8, 4) is 6.07 Å². The van der Waals surface area contributed by atoms with Gasteiger partial charge in [0.25, 0.3) is 0 Å². The predicted octanol–water partition coefficient (Wildman–Crippen LogP) is 2.07. The van der Waals surface area contributed by atoms with Crippen molar-refractivity contribution in [2.24, 2.45) is 0 Å². The fourth-order valence-electron chi connectivity index (χ4n) is 0.902. The van der Waals surface area contributed by atoms with Crippen LogP contribution in [0.25, 0.3) is 0 Å². The second kappa shape index (κ2) is 5.44.